The van der Waals surface area contributed by atoms with Crippen LogP contribution in [0.1, 0.15) is 9.80 Å². The summed E-state index contributed by atoms with van der Waals surface area (Å²) < 4.78 is 4.52. The second kappa shape index (κ2) is 3.33. The van der Waals surface area contributed by atoms with Crippen LogP contribution in [0.4, 0.5) is 0 Å². The summed E-state index contributed by atoms with van der Waals surface area (Å²) in [5.74, 6) is 0. The molecule has 0 saturated carbocycles. The molecular weight excluding hydrogens is 153 g/mol. The van der Waals surface area contributed by atoms with Gasteiger partial charge in [0, 0.05) is 0 Å². The van der Waals surface area contributed by atoms with Crippen molar-refractivity contribution in [2.24, 2.45) is 0 Å². The lowest BCUT2D eigenvalue weighted by Crippen LogP contribution is -1.97. The second-order valence-corrected chi connectivity index (χ2v) is 2.38. The molecule has 0 spiro atoms. The van der Waals surface area contributed by atoms with Gasteiger partial charge in [0.2, 0.25) is 0 Å². The Morgan fingerprint density at radius 1 is 1.90 bits per heavy atom. The summed E-state index contributed by atoms with van der Waals surface area (Å²) >= 11 is 1.06. The van der Waals surface area contributed by atoms with Crippen LogP contribution in [0.25, 0.3) is 0 Å². The van der Waals surface area contributed by atoms with Crippen LogP contribution >= 0.6 is 11.3 Å². The van der Waals surface area contributed by atoms with Gasteiger partial charge in [-0.25, -0.2) is 4.98 Å². The Hall–Kier alpha value is -0.875. The molecule has 0 bridgehead atoms. The normalized spacial score (nSPS) is 8.90. The van der Waals surface area contributed by atoms with E-state index < -0.39 is 0 Å². The van der Waals surface area contributed by atoms with E-state index in [1.807, 2.05) is 0 Å². The largest absolute Gasteiger partial charge is 0.569 e. The van der Waals surface area contributed by atoms with E-state index in [9.17, 15) is 4.79 Å². The summed E-state index contributed by atoms with van der Waals surface area (Å²) in [6.45, 7) is 0. The van der Waals surface area contributed by atoms with Gasteiger partial charge >= 0.3 is 7.69 Å². The van der Waals surface area contributed by atoms with Gasteiger partial charge in [0.05, 0.1) is 6.20 Å². The number of aldehydes is 1. The standard InChI is InChI=1S/C4H3BNO3S/c7-2-3-6-1-4(10-3)9-5-8/h1-2,8H. The SMILES string of the molecule is O=Cc1ncc(O[B]O)s1. The Kier molecular flexibility index (Phi) is 2.41. The molecule has 1 radical (unpaired) electrons. The molecule has 0 aliphatic rings. The van der Waals surface area contributed by atoms with Crippen molar-refractivity contribution in [1.29, 1.82) is 0 Å². The highest BCUT2D eigenvalue weighted by Crippen LogP contribution is 2.18. The van der Waals surface area contributed by atoms with E-state index >= 15 is 0 Å². The summed E-state index contributed by atoms with van der Waals surface area (Å²) in [6.07, 6.45) is 1.98. The van der Waals surface area contributed by atoms with Crippen LogP contribution in [0.3, 0.4) is 0 Å². The topological polar surface area (TPSA) is 59.4 Å². The Morgan fingerprint density at radius 3 is 3.20 bits per heavy atom. The molecule has 0 aliphatic heterocycles. The van der Waals surface area contributed by atoms with Gasteiger partial charge in [-0.3, -0.25) is 4.79 Å². The average Bonchev–Trinajstić information content (AvgIpc) is 2.37. The first-order valence-electron chi connectivity index (χ1n) is 2.40. The molecule has 0 fully saturated rings. The monoisotopic (exact) mass is 156 g/mol. The van der Waals surface area contributed by atoms with Crippen LogP contribution in [0, 0.1) is 0 Å². The quantitative estimate of drug-likeness (QED) is 0.488. The fourth-order valence-electron chi connectivity index (χ4n) is 0.433. The summed E-state index contributed by atoms with van der Waals surface area (Å²) in [4.78, 5) is 13.7. The van der Waals surface area contributed by atoms with E-state index in [-0.39, 0.29) is 0 Å². The lowest BCUT2D eigenvalue weighted by Gasteiger charge is -1.89. The Balaban J connectivity index is 2.68. The lowest BCUT2D eigenvalue weighted by atomic mass is 10.4. The van der Waals surface area contributed by atoms with Gasteiger partial charge in [0.15, 0.2) is 16.4 Å². The van der Waals surface area contributed by atoms with E-state index in [0.717, 1.165) is 11.3 Å². The van der Waals surface area contributed by atoms with E-state index in [1.165, 1.54) is 6.20 Å². The highest BCUT2D eigenvalue weighted by Gasteiger charge is 2.00. The molecule has 1 rings (SSSR count). The van der Waals surface area contributed by atoms with Crippen molar-refractivity contribution in [2.45, 2.75) is 0 Å². The van der Waals surface area contributed by atoms with Crippen LogP contribution in [0.15, 0.2) is 6.20 Å². The third-order valence-corrected chi connectivity index (χ3v) is 1.59. The number of nitrogens with zero attached hydrogens (tertiary/aromatic N) is 1. The molecule has 0 atom stereocenters. The third kappa shape index (κ3) is 1.55. The minimum atomic E-state index is 0.330. The first kappa shape index (κ1) is 7.23. The molecule has 4 nitrogen and oxygen atoms in total. The van der Waals surface area contributed by atoms with Gasteiger partial charge in [-0.2, -0.15) is 0 Å². The average molecular weight is 156 g/mol. The van der Waals surface area contributed by atoms with Crippen molar-refractivity contribution < 1.29 is 14.5 Å². The van der Waals surface area contributed by atoms with Crippen LogP contribution in [0.2, 0.25) is 0 Å². The molecule has 10 heavy (non-hydrogen) atoms. The molecule has 1 aromatic rings. The lowest BCUT2D eigenvalue weighted by molar-refractivity contribution is 0.112. The highest BCUT2D eigenvalue weighted by molar-refractivity contribution is 7.15. The zero-order chi connectivity index (χ0) is 7.40. The molecule has 6 heteroatoms. The maximum Gasteiger partial charge on any atom is 0.569 e. The second-order valence-electron chi connectivity index (χ2n) is 1.36. The predicted molar refractivity (Wildman–Crippen MR) is 36.1 cm³/mol. The minimum Gasteiger partial charge on any atom is -0.529 e. The number of rotatable bonds is 3. The van der Waals surface area contributed by atoms with E-state index in [2.05, 4.69) is 9.64 Å². The van der Waals surface area contributed by atoms with E-state index in [1.54, 1.807) is 0 Å². The van der Waals surface area contributed by atoms with Crippen molar-refractivity contribution in [2.75, 3.05) is 0 Å². The molecule has 0 unspecified atom stereocenters. The number of carbonyl (C=O) groups is 1. The predicted octanol–water partition coefficient (Wildman–Crippen LogP) is -0.139. The van der Waals surface area contributed by atoms with Crippen LogP contribution in [0.5, 0.6) is 5.06 Å². The smallest absolute Gasteiger partial charge is 0.529 e. The number of hydrogen-bond acceptors (Lipinski definition) is 5. The molecule has 51 valence electrons. The molecule has 0 aliphatic carbocycles. The van der Waals surface area contributed by atoms with Crippen LogP contribution in [-0.2, 0) is 0 Å². The Labute approximate surface area is 61.8 Å². The fourth-order valence-corrected chi connectivity index (χ4v) is 0.989. The summed E-state index contributed by atoms with van der Waals surface area (Å²) in [7, 11) is 0.544. The van der Waals surface area contributed by atoms with E-state index in [0.29, 0.717) is 24.0 Å². The Morgan fingerprint density at radius 2 is 2.70 bits per heavy atom. The molecule has 1 aromatic heterocycles. The third-order valence-electron chi connectivity index (χ3n) is 0.772. The summed E-state index contributed by atoms with van der Waals surface area (Å²) in [5.41, 5.74) is 0. The van der Waals surface area contributed by atoms with Gasteiger partial charge in [-0.05, 0) is 0 Å². The Bertz CT molecular complexity index is 226. The molecule has 0 amide bonds. The van der Waals surface area contributed by atoms with Gasteiger partial charge in [-0.1, -0.05) is 11.3 Å². The molecule has 0 aromatic carbocycles. The number of carbonyl (C=O) groups excluding carboxylic acids is 1. The first-order chi connectivity index (χ1) is 4.86. The van der Waals surface area contributed by atoms with Crippen molar-refractivity contribution >= 4 is 25.3 Å². The van der Waals surface area contributed by atoms with Gasteiger partial charge in [-0.15, -0.1) is 0 Å². The number of aromatic nitrogens is 1. The maximum atomic E-state index is 10.0. The van der Waals surface area contributed by atoms with Crippen molar-refractivity contribution in [3.8, 4) is 5.06 Å². The van der Waals surface area contributed by atoms with Crippen molar-refractivity contribution in [3.05, 3.63) is 11.2 Å². The molecule has 0 saturated heterocycles. The molecule has 1 N–H and O–H groups in total. The van der Waals surface area contributed by atoms with Crippen LogP contribution in [-0.4, -0.2) is 24.0 Å². The van der Waals surface area contributed by atoms with E-state index in [4.69, 9.17) is 5.02 Å². The molecule has 1 heterocycles. The van der Waals surface area contributed by atoms with Gasteiger partial charge in [0.25, 0.3) is 0 Å². The zero-order valence-corrected chi connectivity index (χ0v) is 5.67. The first-order valence-corrected chi connectivity index (χ1v) is 3.22. The number of hydrogen-bond donors (Lipinski definition) is 1. The molecular formula is C4H3BNO3S. The van der Waals surface area contributed by atoms with Crippen molar-refractivity contribution in [3.63, 3.8) is 0 Å². The number of thiazole rings is 1. The maximum absolute atomic E-state index is 10.0. The summed E-state index contributed by atoms with van der Waals surface area (Å²) in [5, 5.41) is 8.87. The fraction of sp³-hybridized carbons (Fsp3) is 0. The zero-order valence-electron chi connectivity index (χ0n) is 4.85. The highest BCUT2D eigenvalue weighted by atomic mass is 32.1. The van der Waals surface area contributed by atoms with Crippen LogP contribution < -0.4 is 4.65 Å². The van der Waals surface area contributed by atoms with Crippen molar-refractivity contribution in [1.82, 2.24) is 4.98 Å². The van der Waals surface area contributed by atoms with Gasteiger partial charge < -0.3 is 9.68 Å². The van der Waals surface area contributed by atoms with Gasteiger partial charge in [0.1, 0.15) is 0 Å². The minimum absolute atomic E-state index is 0.330. The summed E-state index contributed by atoms with van der Waals surface area (Å²) in [6, 6.07) is 0.